The summed E-state index contributed by atoms with van der Waals surface area (Å²) in [5, 5.41) is 5.29. The van der Waals surface area contributed by atoms with Crippen molar-refractivity contribution in [2.75, 3.05) is 0 Å². The molecule has 0 spiro atoms. The number of aromatic amines is 1. The van der Waals surface area contributed by atoms with E-state index in [-0.39, 0.29) is 17.2 Å². The molecule has 2 heterocycles. The van der Waals surface area contributed by atoms with Crippen LogP contribution in [0.4, 0.5) is 13.2 Å². The Hall–Kier alpha value is -2.05. The molecule has 4 nitrogen and oxygen atoms in total. The van der Waals surface area contributed by atoms with Gasteiger partial charge in [-0.3, -0.25) is 9.89 Å². The molecular formula is C9H5F3N2O2. The summed E-state index contributed by atoms with van der Waals surface area (Å²) in [6.07, 6.45) is -4.02. The van der Waals surface area contributed by atoms with Crippen LogP contribution in [-0.4, -0.2) is 16.5 Å². The third-order valence-electron chi connectivity index (χ3n) is 1.88. The van der Waals surface area contributed by atoms with Crippen LogP contribution in [0.25, 0.3) is 11.5 Å². The fourth-order valence-electron chi connectivity index (χ4n) is 1.15. The van der Waals surface area contributed by atoms with Crippen LogP contribution in [0, 0.1) is 0 Å². The van der Waals surface area contributed by atoms with Crippen molar-refractivity contribution in [3.8, 4) is 11.5 Å². The van der Waals surface area contributed by atoms with Gasteiger partial charge >= 0.3 is 6.18 Å². The highest BCUT2D eigenvalue weighted by Gasteiger charge is 2.33. The SMILES string of the molecule is O=Cc1ccc(-c2cc(C(F)(F)F)[nH]n2)o1. The lowest BCUT2D eigenvalue weighted by Gasteiger charge is -1.99. The zero-order valence-corrected chi connectivity index (χ0v) is 7.71. The molecule has 7 heteroatoms. The predicted octanol–water partition coefficient (Wildman–Crippen LogP) is 2.50. The first-order chi connectivity index (χ1) is 7.50. The van der Waals surface area contributed by atoms with Crippen LogP contribution in [0.5, 0.6) is 0 Å². The zero-order chi connectivity index (χ0) is 11.8. The Balaban J connectivity index is 2.35. The average molecular weight is 230 g/mol. The Labute approximate surface area is 87.1 Å². The second kappa shape index (κ2) is 3.51. The number of hydrogen-bond acceptors (Lipinski definition) is 3. The van der Waals surface area contributed by atoms with Crippen molar-refractivity contribution in [3.63, 3.8) is 0 Å². The molecule has 0 atom stereocenters. The third-order valence-corrected chi connectivity index (χ3v) is 1.88. The first-order valence-electron chi connectivity index (χ1n) is 4.18. The van der Waals surface area contributed by atoms with E-state index in [9.17, 15) is 18.0 Å². The van der Waals surface area contributed by atoms with E-state index in [1.165, 1.54) is 12.1 Å². The number of furan rings is 1. The minimum Gasteiger partial charge on any atom is -0.452 e. The molecule has 0 aliphatic carbocycles. The summed E-state index contributed by atoms with van der Waals surface area (Å²) in [5.74, 6) is 0.139. The largest absolute Gasteiger partial charge is 0.452 e. The standard InChI is InChI=1S/C9H5F3N2O2/c10-9(11,12)8-3-6(13-14-8)7-2-1-5(4-15)16-7/h1-4H,(H,13,14). The summed E-state index contributed by atoms with van der Waals surface area (Å²) in [5.41, 5.74) is -0.966. The molecule has 2 rings (SSSR count). The second-order valence-corrected chi connectivity index (χ2v) is 2.98. The molecule has 0 bridgehead atoms. The molecule has 0 saturated heterocycles. The minimum absolute atomic E-state index is 0.000394. The van der Waals surface area contributed by atoms with E-state index in [0.29, 0.717) is 6.29 Å². The number of hydrogen-bond donors (Lipinski definition) is 1. The number of halogens is 3. The molecule has 1 N–H and O–H groups in total. The van der Waals surface area contributed by atoms with Crippen molar-refractivity contribution >= 4 is 6.29 Å². The van der Waals surface area contributed by atoms with Crippen molar-refractivity contribution in [1.29, 1.82) is 0 Å². The third kappa shape index (κ3) is 1.83. The summed E-state index contributed by atoms with van der Waals surface area (Å²) < 4.78 is 41.6. The maximum absolute atomic E-state index is 12.2. The van der Waals surface area contributed by atoms with Crippen molar-refractivity contribution in [2.24, 2.45) is 0 Å². The number of nitrogens with one attached hydrogen (secondary N) is 1. The molecule has 0 saturated carbocycles. The first-order valence-corrected chi connectivity index (χ1v) is 4.18. The van der Waals surface area contributed by atoms with Crippen LogP contribution in [0.15, 0.2) is 22.6 Å². The van der Waals surface area contributed by atoms with Crippen LogP contribution in [-0.2, 0) is 6.18 Å². The lowest BCUT2D eigenvalue weighted by Crippen LogP contribution is -2.04. The van der Waals surface area contributed by atoms with Crippen LogP contribution >= 0.6 is 0 Å². The van der Waals surface area contributed by atoms with Gasteiger partial charge in [-0.15, -0.1) is 0 Å². The van der Waals surface area contributed by atoms with Gasteiger partial charge in [0, 0.05) is 0 Å². The van der Waals surface area contributed by atoms with E-state index in [1.54, 1.807) is 0 Å². The fraction of sp³-hybridized carbons (Fsp3) is 0.111. The van der Waals surface area contributed by atoms with Gasteiger partial charge in [-0.05, 0) is 18.2 Å². The predicted molar refractivity (Wildman–Crippen MR) is 46.7 cm³/mol. The molecule has 0 unspecified atom stereocenters. The van der Waals surface area contributed by atoms with Gasteiger partial charge in [-0.1, -0.05) is 0 Å². The van der Waals surface area contributed by atoms with Crippen LogP contribution in [0.3, 0.4) is 0 Å². The van der Waals surface area contributed by atoms with E-state index in [2.05, 4.69) is 5.10 Å². The van der Waals surface area contributed by atoms with Crippen molar-refractivity contribution in [3.05, 3.63) is 29.7 Å². The van der Waals surface area contributed by atoms with Crippen molar-refractivity contribution < 1.29 is 22.4 Å². The van der Waals surface area contributed by atoms with Crippen LogP contribution in [0.1, 0.15) is 16.2 Å². The Morgan fingerprint density at radius 2 is 2.12 bits per heavy atom. The molecule has 0 aromatic carbocycles. The normalized spacial score (nSPS) is 11.7. The first kappa shape index (κ1) is 10.5. The van der Waals surface area contributed by atoms with Gasteiger partial charge in [0.25, 0.3) is 0 Å². The van der Waals surface area contributed by atoms with Gasteiger partial charge in [0.2, 0.25) is 0 Å². The summed E-state index contributed by atoms with van der Waals surface area (Å²) in [6, 6.07) is 3.54. The Bertz CT molecular complexity index is 513. The molecule has 0 amide bonds. The second-order valence-electron chi connectivity index (χ2n) is 2.98. The number of H-pyrrole nitrogens is 1. The minimum atomic E-state index is -4.48. The zero-order valence-electron chi connectivity index (χ0n) is 7.71. The number of rotatable bonds is 2. The summed E-state index contributed by atoms with van der Waals surface area (Å²) in [6.45, 7) is 0. The van der Waals surface area contributed by atoms with Crippen LogP contribution < -0.4 is 0 Å². The Kier molecular flexibility index (Phi) is 2.30. The van der Waals surface area contributed by atoms with Crippen LogP contribution in [0.2, 0.25) is 0 Å². The lowest BCUT2D eigenvalue weighted by atomic mass is 10.3. The van der Waals surface area contributed by atoms with Gasteiger partial charge in [-0.25, -0.2) is 0 Å². The molecule has 16 heavy (non-hydrogen) atoms. The number of aromatic nitrogens is 2. The highest BCUT2D eigenvalue weighted by molar-refractivity contribution is 5.72. The summed E-state index contributed by atoms with van der Waals surface area (Å²) in [7, 11) is 0. The van der Waals surface area contributed by atoms with E-state index >= 15 is 0 Å². The van der Waals surface area contributed by atoms with Gasteiger partial charge < -0.3 is 4.42 Å². The fourth-order valence-corrected chi connectivity index (χ4v) is 1.15. The van der Waals surface area contributed by atoms with Gasteiger partial charge in [-0.2, -0.15) is 18.3 Å². The van der Waals surface area contributed by atoms with E-state index in [4.69, 9.17) is 4.42 Å². The topological polar surface area (TPSA) is 58.9 Å². The van der Waals surface area contributed by atoms with E-state index < -0.39 is 11.9 Å². The molecule has 0 aliphatic rings. The molecular weight excluding hydrogens is 225 g/mol. The lowest BCUT2D eigenvalue weighted by molar-refractivity contribution is -0.141. The highest BCUT2D eigenvalue weighted by Crippen LogP contribution is 2.30. The molecule has 2 aromatic rings. The van der Waals surface area contributed by atoms with E-state index in [0.717, 1.165) is 6.07 Å². The number of alkyl halides is 3. The number of carbonyl (C=O) groups excluding carboxylic acids is 1. The van der Waals surface area contributed by atoms with Crippen molar-refractivity contribution in [2.45, 2.75) is 6.18 Å². The van der Waals surface area contributed by atoms with Gasteiger partial charge in [0.05, 0.1) is 0 Å². The summed E-state index contributed by atoms with van der Waals surface area (Å²) >= 11 is 0. The number of nitrogens with zero attached hydrogens (tertiary/aromatic N) is 1. The molecule has 0 radical (unpaired) electrons. The highest BCUT2D eigenvalue weighted by atomic mass is 19.4. The van der Waals surface area contributed by atoms with Gasteiger partial charge in [0.15, 0.2) is 17.8 Å². The van der Waals surface area contributed by atoms with Gasteiger partial charge in [0.1, 0.15) is 11.4 Å². The quantitative estimate of drug-likeness (QED) is 0.806. The molecule has 0 fully saturated rings. The van der Waals surface area contributed by atoms with Crippen molar-refractivity contribution in [1.82, 2.24) is 10.2 Å². The monoisotopic (exact) mass is 230 g/mol. The maximum atomic E-state index is 12.2. The number of aldehydes is 1. The molecule has 2 aromatic heterocycles. The molecule has 0 aliphatic heterocycles. The maximum Gasteiger partial charge on any atom is 0.432 e. The summed E-state index contributed by atoms with van der Waals surface area (Å²) in [4.78, 5) is 10.3. The van der Waals surface area contributed by atoms with E-state index in [1.807, 2.05) is 5.10 Å². The Morgan fingerprint density at radius 3 is 2.62 bits per heavy atom. The molecule has 84 valence electrons. The average Bonchev–Trinajstić information content (AvgIpc) is 2.85. The smallest absolute Gasteiger partial charge is 0.432 e. The Morgan fingerprint density at radius 1 is 1.38 bits per heavy atom. The number of carbonyl (C=O) groups is 1.